The van der Waals surface area contributed by atoms with Crippen molar-refractivity contribution < 1.29 is 23.8 Å². The minimum atomic E-state index is -0.748. The highest BCUT2D eigenvalue weighted by Gasteiger charge is 2.30. The fourth-order valence-electron chi connectivity index (χ4n) is 1.96. The van der Waals surface area contributed by atoms with Crippen LogP contribution in [-0.4, -0.2) is 25.6 Å². The summed E-state index contributed by atoms with van der Waals surface area (Å²) in [6.07, 6.45) is -0.748. The molecule has 7 heteroatoms. The van der Waals surface area contributed by atoms with E-state index in [-0.39, 0.29) is 5.97 Å². The van der Waals surface area contributed by atoms with E-state index in [9.17, 15) is 9.59 Å². The second-order valence-electron chi connectivity index (χ2n) is 6.96. The molecule has 0 aliphatic heterocycles. The Balaban J connectivity index is 2.15. The molecule has 1 atom stereocenters. The number of esters is 1. The summed E-state index contributed by atoms with van der Waals surface area (Å²) in [6.45, 7) is 7.16. The second kappa shape index (κ2) is 8.28. The average Bonchev–Trinajstić information content (AvgIpc) is 2.53. The molecule has 0 fully saturated rings. The predicted octanol–water partition coefficient (Wildman–Crippen LogP) is 5.69. The number of hydrogen-bond acceptors (Lipinski definition) is 5. The largest absolute Gasteiger partial charge is 0.514 e. The fraction of sp³-hybridized carbons (Fsp3) is 0.368. The second-order valence-corrected chi connectivity index (χ2v) is 10.1. The molecule has 0 saturated heterocycles. The first-order chi connectivity index (χ1) is 12.0. The van der Waals surface area contributed by atoms with Crippen molar-refractivity contribution in [1.82, 2.24) is 0 Å². The van der Waals surface area contributed by atoms with Crippen molar-refractivity contribution in [3.8, 4) is 11.5 Å². The molecule has 0 heterocycles. The first kappa shape index (κ1) is 21.2. The molecular weight excluding hydrogens is 562 g/mol. The van der Waals surface area contributed by atoms with E-state index in [1.807, 2.05) is 13.0 Å². The average molecular weight is 582 g/mol. The van der Waals surface area contributed by atoms with Crippen molar-refractivity contribution >= 4 is 68.1 Å². The van der Waals surface area contributed by atoms with E-state index in [1.165, 1.54) is 0 Å². The summed E-state index contributed by atoms with van der Waals surface area (Å²) < 4.78 is 15.9. The molecule has 5 nitrogen and oxygen atoms in total. The van der Waals surface area contributed by atoms with Gasteiger partial charge in [0.1, 0.15) is 20.5 Å². The summed E-state index contributed by atoms with van der Waals surface area (Å²) in [5.74, 6) is 0.592. The third-order valence-corrected chi connectivity index (χ3v) is 7.07. The van der Waals surface area contributed by atoms with Gasteiger partial charge in [-0.15, -0.1) is 0 Å². The summed E-state index contributed by atoms with van der Waals surface area (Å²) in [6, 6.07) is 10.5. The van der Waals surface area contributed by atoms with E-state index < -0.39 is 15.2 Å². The van der Waals surface area contributed by atoms with Gasteiger partial charge in [0.25, 0.3) is 0 Å². The van der Waals surface area contributed by atoms with Crippen LogP contribution in [0.1, 0.15) is 27.7 Å². The van der Waals surface area contributed by atoms with Gasteiger partial charge < -0.3 is 14.2 Å². The van der Waals surface area contributed by atoms with E-state index >= 15 is 0 Å². The van der Waals surface area contributed by atoms with Crippen molar-refractivity contribution in [1.29, 1.82) is 0 Å². The van der Waals surface area contributed by atoms with E-state index in [0.717, 1.165) is 10.8 Å². The monoisotopic (exact) mass is 582 g/mol. The minimum Gasteiger partial charge on any atom is -0.428 e. The highest BCUT2D eigenvalue weighted by atomic mass is 127. The molecule has 0 bridgehead atoms. The van der Waals surface area contributed by atoms with Gasteiger partial charge >= 0.3 is 12.1 Å². The highest BCUT2D eigenvalue weighted by molar-refractivity contribution is 14.1. The Kier molecular flexibility index (Phi) is 6.75. The Morgan fingerprint density at radius 3 is 1.88 bits per heavy atom. The van der Waals surface area contributed by atoms with Crippen molar-refractivity contribution in [3.05, 3.63) is 36.4 Å². The van der Waals surface area contributed by atoms with Gasteiger partial charge in [0.2, 0.25) is 0 Å². The Hall–Kier alpha value is -1.10. The van der Waals surface area contributed by atoms with Crippen molar-refractivity contribution in [2.45, 2.75) is 36.7 Å². The summed E-state index contributed by atoms with van der Waals surface area (Å²) >= 11 is 4.26. The number of carbonyl (C=O) groups excluding carboxylic acids is 2. The number of ether oxygens (including phenoxy) is 3. The molecule has 140 valence electrons. The zero-order chi connectivity index (χ0) is 19.5. The Morgan fingerprint density at radius 1 is 0.923 bits per heavy atom. The molecule has 0 aliphatic rings. The quantitative estimate of drug-likeness (QED) is 0.153. The van der Waals surface area contributed by atoms with Gasteiger partial charge in [-0.25, -0.2) is 4.79 Å². The van der Waals surface area contributed by atoms with Crippen LogP contribution in [0.5, 0.6) is 11.5 Å². The molecule has 0 radical (unpaired) electrons. The number of carbonyl (C=O) groups is 2. The summed E-state index contributed by atoms with van der Waals surface area (Å²) in [4.78, 5) is 23.9. The standard InChI is InChI=1S/C19H20I2O5/c1-18(2,3)26-17(23)25-15-8-6-12-9-14(7-5-13(12)10-15)24-16(22)19(4,21)11-20/h5-10H,11H2,1-4H3. The zero-order valence-electron chi connectivity index (χ0n) is 15.0. The molecule has 0 spiro atoms. The lowest BCUT2D eigenvalue weighted by Crippen LogP contribution is -2.34. The molecule has 0 aliphatic carbocycles. The minimum absolute atomic E-state index is 0.281. The molecule has 0 aromatic heterocycles. The first-order valence-electron chi connectivity index (χ1n) is 7.92. The SMILES string of the molecule is CC(C)(C)OC(=O)Oc1ccc2cc(OC(=O)C(C)(I)CI)ccc2c1. The molecule has 2 rings (SSSR count). The summed E-state index contributed by atoms with van der Waals surface area (Å²) in [5.41, 5.74) is -0.613. The van der Waals surface area contributed by atoms with Gasteiger partial charge in [-0.05, 0) is 62.7 Å². The fourth-order valence-corrected chi connectivity index (χ4v) is 2.39. The van der Waals surface area contributed by atoms with Gasteiger partial charge in [-0.1, -0.05) is 57.3 Å². The number of halogens is 2. The van der Waals surface area contributed by atoms with Crippen LogP contribution in [-0.2, 0) is 9.53 Å². The highest BCUT2D eigenvalue weighted by Crippen LogP contribution is 2.28. The van der Waals surface area contributed by atoms with E-state index in [2.05, 4.69) is 45.2 Å². The number of alkyl halides is 2. The van der Waals surface area contributed by atoms with Crippen LogP contribution in [0.3, 0.4) is 0 Å². The zero-order valence-corrected chi connectivity index (χ0v) is 19.3. The number of fused-ring (bicyclic) bond motifs is 1. The molecule has 26 heavy (non-hydrogen) atoms. The maximum atomic E-state index is 12.2. The Morgan fingerprint density at radius 2 is 1.42 bits per heavy atom. The molecule has 0 amide bonds. The molecule has 2 aromatic carbocycles. The topological polar surface area (TPSA) is 61.8 Å². The van der Waals surface area contributed by atoms with Gasteiger partial charge in [0.15, 0.2) is 0 Å². The number of rotatable bonds is 4. The van der Waals surface area contributed by atoms with Crippen molar-refractivity contribution in [2.24, 2.45) is 0 Å². The van der Waals surface area contributed by atoms with Gasteiger partial charge in [0, 0.05) is 4.43 Å². The third kappa shape index (κ3) is 5.97. The van der Waals surface area contributed by atoms with Crippen LogP contribution in [0, 0.1) is 0 Å². The van der Waals surface area contributed by atoms with Crippen LogP contribution in [0.25, 0.3) is 10.8 Å². The molecule has 2 aromatic rings. The molecule has 0 N–H and O–H groups in total. The molecular formula is C19H20I2O5. The van der Waals surface area contributed by atoms with Crippen LogP contribution in [0.4, 0.5) is 4.79 Å². The van der Waals surface area contributed by atoms with E-state index in [0.29, 0.717) is 15.9 Å². The predicted molar refractivity (Wildman–Crippen MR) is 118 cm³/mol. The van der Waals surface area contributed by atoms with E-state index in [4.69, 9.17) is 14.2 Å². The van der Waals surface area contributed by atoms with Crippen molar-refractivity contribution in [2.75, 3.05) is 4.43 Å². The lowest BCUT2D eigenvalue weighted by atomic mass is 10.1. The van der Waals surface area contributed by atoms with Crippen molar-refractivity contribution in [3.63, 3.8) is 0 Å². The van der Waals surface area contributed by atoms with Crippen LogP contribution in [0.2, 0.25) is 0 Å². The normalized spacial score (nSPS) is 13.8. The maximum absolute atomic E-state index is 12.2. The smallest absolute Gasteiger partial charge is 0.428 e. The Labute approximate surface area is 180 Å². The van der Waals surface area contributed by atoms with Gasteiger partial charge in [-0.2, -0.15) is 0 Å². The third-order valence-electron chi connectivity index (χ3n) is 3.26. The van der Waals surface area contributed by atoms with Crippen LogP contribution in [0.15, 0.2) is 36.4 Å². The number of benzene rings is 2. The lowest BCUT2D eigenvalue weighted by molar-refractivity contribution is -0.135. The summed E-state index contributed by atoms with van der Waals surface area (Å²) in [5, 5.41) is 1.73. The van der Waals surface area contributed by atoms with Gasteiger partial charge in [0.05, 0.1) is 0 Å². The molecule has 1 unspecified atom stereocenters. The number of hydrogen-bond donors (Lipinski definition) is 0. The van der Waals surface area contributed by atoms with Gasteiger partial charge in [-0.3, -0.25) is 4.79 Å². The maximum Gasteiger partial charge on any atom is 0.514 e. The Bertz CT molecular complexity index is 824. The van der Waals surface area contributed by atoms with Crippen LogP contribution >= 0.6 is 45.2 Å². The lowest BCUT2D eigenvalue weighted by Gasteiger charge is -2.19. The molecule has 0 saturated carbocycles. The summed E-state index contributed by atoms with van der Waals surface area (Å²) in [7, 11) is 0. The van der Waals surface area contributed by atoms with Crippen LogP contribution < -0.4 is 9.47 Å². The first-order valence-corrected chi connectivity index (χ1v) is 10.5. The van der Waals surface area contributed by atoms with E-state index in [1.54, 1.807) is 51.1 Å².